The Balaban J connectivity index is 2.26. The van der Waals surface area contributed by atoms with Crippen molar-refractivity contribution in [1.29, 1.82) is 0 Å². The van der Waals surface area contributed by atoms with E-state index in [-0.39, 0.29) is 5.56 Å². The van der Waals surface area contributed by atoms with Gasteiger partial charge in [-0.25, -0.2) is 4.98 Å². The summed E-state index contributed by atoms with van der Waals surface area (Å²) in [5.74, 6) is 0.775. The summed E-state index contributed by atoms with van der Waals surface area (Å²) in [6.07, 6.45) is 2.46. The van der Waals surface area contributed by atoms with Crippen LogP contribution in [0.5, 0.6) is 5.75 Å². The molecule has 126 valence electrons. The smallest absolute Gasteiger partial charge is 0.262 e. The molecule has 0 spiro atoms. The molecule has 0 radical (unpaired) electrons. The van der Waals surface area contributed by atoms with E-state index in [0.29, 0.717) is 18.5 Å². The van der Waals surface area contributed by atoms with Crippen molar-refractivity contribution in [2.45, 2.75) is 19.9 Å². The normalized spacial score (nSPS) is 11.1. The molecule has 3 rings (SSSR count). The first-order chi connectivity index (χ1) is 11.7. The Morgan fingerprint density at radius 1 is 1.29 bits per heavy atom. The van der Waals surface area contributed by atoms with Gasteiger partial charge in [0.25, 0.3) is 5.56 Å². The zero-order valence-corrected chi connectivity index (χ0v) is 14.9. The van der Waals surface area contributed by atoms with E-state index in [4.69, 9.17) is 9.47 Å². The summed E-state index contributed by atoms with van der Waals surface area (Å²) in [6.45, 7) is 3.07. The van der Waals surface area contributed by atoms with Gasteiger partial charge in [-0.3, -0.25) is 9.36 Å². The number of aryl methyl sites for hydroxylation is 1. The molecule has 0 aliphatic carbocycles. The molecule has 0 atom stereocenters. The molecule has 0 saturated carbocycles. The van der Waals surface area contributed by atoms with Crippen molar-refractivity contribution in [3.8, 4) is 16.9 Å². The van der Waals surface area contributed by atoms with Gasteiger partial charge in [-0.1, -0.05) is 19.1 Å². The molecular weight excluding hydrogens is 324 g/mol. The van der Waals surface area contributed by atoms with Crippen molar-refractivity contribution in [2.75, 3.05) is 20.8 Å². The van der Waals surface area contributed by atoms with Gasteiger partial charge in [-0.2, -0.15) is 0 Å². The molecule has 6 heteroatoms. The van der Waals surface area contributed by atoms with Crippen LogP contribution >= 0.6 is 11.3 Å². The standard InChI is InChI=1S/C18H20N2O3S/c1-4-14-15(12-6-5-7-13(10-12)23-3)16-17(24-14)19-11-20(18(16)21)8-9-22-2/h5-7,10-11H,4,8-9H2,1-3H3. The van der Waals surface area contributed by atoms with Crippen LogP contribution in [-0.4, -0.2) is 30.4 Å². The minimum atomic E-state index is -0.0224. The van der Waals surface area contributed by atoms with Crippen LogP contribution in [0.25, 0.3) is 21.3 Å². The van der Waals surface area contributed by atoms with Crippen molar-refractivity contribution in [3.63, 3.8) is 0 Å². The molecular formula is C18H20N2O3S. The second-order valence-electron chi connectivity index (χ2n) is 5.40. The van der Waals surface area contributed by atoms with Crippen molar-refractivity contribution in [2.24, 2.45) is 0 Å². The van der Waals surface area contributed by atoms with Gasteiger partial charge in [-0.15, -0.1) is 11.3 Å². The second kappa shape index (κ2) is 7.15. The number of aromatic nitrogens is 2. The topological polar surface area (TPSA) is 53.4 Å². The Bertz CT molecular complexity index is 914. The van der Waals surface area contributed by atoms with E-state index in [2.05, 4.69) is 11.9 Å². The first-order valence-electron chi connectivity index (χ1n) is 7.83. The van der Waals surface area contributed by atoms with Crippen LogP contribution in [0.4, 0.5) is 0 Å². The van der Waals surface area contributed by atoms with E-state index in [1.807, 2.05) is 24.3 Å². The maximum atomic E-state index is 13.0. The molecule has 5 nitrogen and oxygen atoms in total. The van der Waals surface area contributed by atoms with E-state index in [0.717, 1.165) is 33.0 Å². The largest absolute Gasteiger partial charge is 0.497 e. The summed E-state index contributed by atoms with van der Waals surface area (Å²) in [5, 5.41) is 0.684. The zero-order valence-electron chi connectivity index (χ0n) is 14.0. The molecule has 1 aromatic carbocycles. The van der Waals surface area contributed by atoms with Crippen LogP contribution < -0.4 is 10.3 Å². The molecule has 0 aliphatic rings. The summed E-state index contributed by atoms with van der Waals surface area (Å²) in [5.41, 5.74) is 1.94. The highest BCUT2D eigenvalue weighted by Crippen LogP contribution is 2.37. The number of methoxy groups -OCH3 is 2. The minimum Gasteiger partial charge on any atom is -0.497 e. The molecule has 0 fully saturated rings. The van der Waals surface area contributed by atoms with E-state index < -0.39 is 0 Å². The van der Waals surface area contributed by atoms with Crippen molar-refractivity contribution >= 4 is 21.6 Å². The average molecular weight is 344 g/mol. The molecule has 0 N–H and O–H groups in total. The fourth-order valence-electron chi connectivity index (χ4n) is 2.75. The Morgan fingerprint density at radius 2 is 2.12 bits per heavy atom. The Morgan fingerprint density at radius 3 is 2.83 bits per heavy atom. The monoisotopic (exact) mass is 344 g/mol. The maximum absolute atomic E-state index is 13.0. The highest BCUT2D eigenvalue weighted by Gasteiger charge is 2.18. The average Bonchev–Trinajstić information content (AvgIpc) is 3.00. The summed E-state index contributed by atoms with van der Waals surface area (Å²) >= 11 is 1.58. The Labute approximate surface area is 144 Å². The van der Waals surface area contributed by atoms with Crippen LogP contribution in [0, 0.1) is 0 Å². The third-order valence-corrected chi connectivity index (χ3v) is 5.21. The lowest BCUT2D eigenvalue weighted by molar-refractivity contribution is 0.186. The van der Waals surface area contributed by atoms with Crippen LogP contribution in [0.2, 0.25) is 0 Å². The van der Waals surface area contributed by atoms with Crippen molar-refractivity contribution < 1.29 is 9.47 Å². The van der Waals surface area contributed by atoms with E-state index >= 15 is 0 Å². The quantitative estimate of drug-likeness (QED) is 0.688. The molecule has 2 heterocycles. The molecule has 0 bridgehead atoms. The molecule has 24 heavy (non-hydrogen) atoms. The summed E-state index contributed by atoms with van der Waals surface area (Å²) in [7, 11) is 3.27. The second-order valence-corrected chi connectivity index (χ2v) is 6.49. The first kappa shape index (κ1) is 16.7. The minimum absolute atomic E-state index is 0.0224. The van der Waals surface area contributed by atoms with Gasteiger partial charge in [0.1, 0.15) is 10.6 Å². The fourth-order valence-corrected chi connectivity index (χ4v) is 3.85. The van der Waals surface area contributed by atoms with Gasteiger partial charge < -0.3 is 9.47 Å². The first-order valence-corrected chi connectivity index (χ1v) is 8.65. The van der Waals surface area contributed by atoms with Gasteiger partial charge in [0, 0.05) is 17.6 Å². The van der Waals surface area contributed by atoms with Crippen LogP contribution in [0.15, 0.2) is 35.4 Å². The van der Waals surface area contributed by atoms with Gasteiger partial charge in [0.2, 0.25) is 0 Å². The molecule has 2 aromatic heterocycles. The lowest BCUT2D eigenvalue weighted by Crippen LogP contribution is -2.22. The number of benzene rings is 1. The lowest BCUT2D eigenvalue weighted by Gasteiger charge is -2.07. The third-order valence-electron chi connectivity index (χ3n) is 3.97. The highest BCUT2D eigenvalue weighted by molar-refractivity contribution is 7.19. The Hall–Kier alpha value is -2.18. The van der Waals surface area contributed by atoms with Crippen molar-refractivity contribution in [1.82, 2.24) is 9.55 Å². The number of thiophene rings is 1. The highest BCUT2D eigenvalue weighted by atomic mass is 32.1. The number of fused-ring (bicyclic) bond motifs is 1. The molecule has 3 aromatic rings. The van der Waals surface area contributed by atoms with Crippen LogP contribution in [0.1, 0.15) is 11.8 Å². The van der Waals surface area contributed by atoms with Gasteiger partial charge in [0.05, 0.1) is 32.0 Å². The van der Waals surface area contributed by atoms with Crippen LogP contribution in [-0.2, 0) is 17.7 Å². The third kappa shape index (κ3) is 2.95. The maximum Gasteiger partial charge on any atom is 0.262 e. The van der Waals surface area contributed by atoms with Gasteiger partial charge >= 0.3 is 0 Å². The zero-order chi connectivity index (χ0) is 17.1. The van der Waals surface area contributed by atoms with Crippen LogP contribution in [0.3, 0.4) is 0 Å². The molecule has 0 saturated heterocycles. The fraction of sp³-hybridized carbons (Fsp3) is 0.333. The van der Waals surface area contributed by atoms with Crippen molar-refractivity contribution in [3.05, 3.63) is 45.8 Å². The number of rotatable bonds is 6. The number of ether oxygens (including phenoxy) is 2. The lowest BCUT2D eigenvalue weighted by atomic mass is 10.0. The molecule has 0 amide bonds. The van der Waals surface area contributed by atoms with E-state index in [1.54, 1.807) is 36.5 Å². The number of hydrogen-bond acceptors (Lipinski definition) is 5. The summed E-state index contributed by atoms with van der Waals surface area (Å²) < 4.78 is 12.0. The van der Waals surface area contributed by atoms with Gasteiger partial charge in [-0.05, 0) is 24.1 Å². The predicted octanol–water partition coefficient (Wildman–Crippen LogP) is 3.34. The molecule has 0 unspecified atom stereocenters. The van der Waals surface area contributed by atoms with Gasteiger partial charge in [0.15, 0.2) is 0 Å². The van der Waals surface area contributed by atoms with E-state index in [9.17, 15) is 4.79 Å². The predicted molar refractivity (Wildman–Crippen MR) is 97.1 cm³/mol. The molecule has 0 aliphatic heterocycles. The SMILES string of the molecule is CCc1sc2ncn(CCOC)c(=O)c2c1-c1cccc(OC)c1. The summed E-state index contributed by atoms with van der Waals surface area (Å²) in [6, 6.07) is 7.82. The number of hydrogen-bond donors (Lipinski definition) is 0. The Kier molecular flexibility index (Phi) is 4.97. The number of nitrogens with zero attached hydrogens (tertiary/aromatic N) is 2. The van der Waals surface area contributed by atoms with E-state index in [1.165, 1.54) is 0 Å². The summed E-state index contributed by atoms with van der Waals surface area (Å²) in [4.78, 5) is 19.4.